The van der Waals surface area contributed by atoms with E-state index >= 15 is 0 Å². The number of anilines is 1. The second kappa shape index (κ2) is 8.21. The average Bonchev–Trinajstić information content (AvgIpc) is 2.94. The van der Waals surface area contributed by atoms with Crippen molar-refractivity contribution in [2.24, 2.45) is 0 Å². The van der Waals surface area contributed by atoms with Crippen LogP contribution in [0.5, 0.6) is 11.5 Å². The summed E-state index contributed by atoms with van der Waals surface area (Å²) in [6.07, 6.45) is 1.57. The topological polar surface area (TPSA) is 60.7 Å². The number of allylic oxidation sites excluding steroid dienone is 1. The van der Waals surface area contributed by atoms with Gasteiger partial charge in [0, 0.05) is 34.8 Å². The van der Waals surface area contributed by atoms with Crippen molar-refractivity contribution in [1.29, 1.82) is 0 Å². The molecule has 0 atom stereocenters. The Hall–Kier alpha value is -3.21. The third-order valence-corrected chi connectivity index (χ3v) is 4.69. The van der Waals surface area contributed by atoms with Crippen molar-refractivity contribution in [1.82, 2.24) is 0 Å². The number of carbonyl (C=O) groups is 1. The largest absolute Gasteiger partial charge is 0.497 e. The van der Waals surface area contributed by atoms with E-state index in [1.54, 1.807) is 19.3 Å². The highest BCUT2D eigenvalue weighted by Crippen LogP contribution is 2.35. The number of nitrogens with one attached hydrogen (secondary N) is 1. The standard InChI is InChI=1S/C23H25NO4/c1-6-27-21-13-22-20(15(3)16(4)28-22)12-19(21)14(2)10-23(25)24-17-8-7-9-18(11-17)26-5/h7-13H,6H2,1-5H3,(H,24,25)/b14-10+. The Morgan fingerprint density at radius 3 is 2.71 bits per heavy atom. The molecule has 0 fully saturated rings. The molecule has 5 heteroatoms. The number of fused-ring (bicyclic) bond motifs is 1. The minimum absolute atomic E-state index is 0.214. The lowest BCUT2D eigenvalue weighted by atomic mass is 10.0. The lowest BCUT2D eigenvalue weighted by Crippen LogP contribution is -2.08. The molecule has 1 aromatic heterocycles. The van der Waals surface area contributed by atoms with Crippen LogP contribution < -0.4 is 14.8 Å². The maximum absolute atomic E-state index is 12.5. The molecule has 1 amide bonds. The van der Waals surface area contributed by atoms with E-state index in [0.717, 1.165) is 33.4 Å². The number of carbonyl (C=O) groups excluding carboxylic acids is 1. The van der Waals surface area contributed by atoms with Gasteiger partial charge in [-0.1, -0.05) is 6.07 Å². The first-order chi connectivity index (χ1) is 13.4. The summed E-state index contributed by atoms with van der Waals surface area (Å²) in [5, 5.41) is 3.89. The van der Waals surface area contributed by atoms with E-state index in [1.807, 2.05) is 58.0 Å². The van der Waals surface area contributed by atoms with E-state index in [9.17, 15) is 4.79 Å². The van der Waals surface area contributed by atoms with Crippen LogP contribution in [0.4, 0.5) is 5.69 Å². The van der Waals surface area contributed by atoms with Gasteiger partial charge >= 0.3 is 0 Å². The summed E-state index contributed by atoms with van der Waals surface area (Å²) in [6, 6.07) is 11.2. The average molecular weight is 379 g/mol. The van der Waals surface area contributed by atoms with Gasteiger partial charge in [0.15, 0.2) is 0 Å². The van der Waals surface area contributed by atoms with Gasteiger partial charge in [-0.3, -0.25) is 4.79 Å². The molecular formula is C23H25NO4. The van der Waals surface area contributed by atoms with E-state index in [4.69, 9.17) is 13.9 Å². The van der Waals surface area contributed by atoms with Crippen molar-refractivity contribution >= 4 is 28.1 Å². The van der Waals surface area contributed by atoms with Gasteiger partial charge in [-0.2, -0.15) is 0 Å². The van der Waals surface area contributed by atoms with Crippen LogP contribution in [-0.4, -0.2) is 19.6 Å². The van der Waals surface area contributed by atoms with Gasteiger partial charge in [0.05, 0.1) is 13.7 Å². The van der Waals surface area contributed by atoms with Crippen molar-refractivity contribution in [3.05, 3.63) is 59.4 Å². The predicted octanol–water partition coefficient (Wildman–Crippen LogP) is 5.50. The van der Waals surface area contributed by atoms with E-state index in [0.29, 0.717) is 23.8 Å². The van der Waals surface area contributed by atoms with Crippen LogP contribution in [0.25, 0.3) is 16.5 Å². The number of benzene rings is 2. The summed E-state index contributed by atoms with van der Waals surface area (Å²) in [7, 11) is 1.59. The molecular weight excluding hydrogens is 354 g/mol. The van der Waals surface area contributed by atoms with Crippen molar-refractivity contribution in [3.8, 4) is 11.5 Å². The van der Waals surface area contributed by atoms with Crippen LogP contribution in [0.3, 0.4) is 0 Å². The van der Waals surface area contributed by atoms with E-state index in [-0.39, 0.29) is 5.91 Å². The predicted molar refractivity (Wildman–Crippen MR) is 112 cm³/mol. The molecule has 146 valence electrons. The number of rotatable bonds is 6. The fraction of sp³-hybridized carbons (Fsp3) is 0.261. The molecule has 5 nitrogen and oxygen atoms in total. The SMILES string of the molecule is CCOc1cc2oc(C)c(C)c2cc1/C(C)=C/C(=O)Nc1cccc(OC)c1. The van der Waals surface area contributed by atoms with Crippen LogP contribution in [0, 0.1) is 13.8 Å². The second-order valence-electron chi connectivity index (χ2n) is 6.61. The first kappa shape index (κ1) is 19.5. The number of aryl methyl sites for hydroxylation is 2. The zero-order chi connectivity index (χ0) is 20.3. The molecule has 0 unspecified atom stereocenters. The van der Waals surface area contributed by atoms with Crippen molar-refractivity contribution in [2.45, 2.75) is 27.7 Å². The molecule has 0 saturated heterocycles. The van der Waals surface area contributed by atoms with Crippen LogP contribution in [0.2, 0.25) is 0 Å². The maximum Gasteiger partial charge on any atom is 0.248 e. The second-order valence-corrected chi connectivity index (χ2v) is 6.61. The summed E-state index contributed by atoms with van der Waals surface area (Å²) in [6.45, 7) is 8.33. The van der Waals surface area contributed by atoms with Crippen LogP contribution >= 0.6 is 0 Å². The number of ether oxygens (including phenoxy) is 2. The number of amides is 1. The molecule has 0 saturated carbocycles. The van der Waals surface area contributed by atoms with Gasteiger partial charge in [0.1, 0.15) is 22.8 Å². The Bertz CT molecular complexity index is 1050. The molecule has 0 aliphatic heterocycles. The zero-order valence-electron chi connectivity index (χ0n) is 16.9. The molecule has 3 aromatic rings. The zero-order valence-corrected chi connectivity index (χ0v) is 16.9. The molecule has 0 aliphatic rings. The molecule has 0 bridgehead atoms. The molecule has 28 heavy (non-hydrogen) atoms. The third-order valence-electron chi connectivity index (χ3n) is 4.69. The summed E-state index contributed by atoms with van der Waals surface area (Å²) >= 11 is 0. The van der Waals surface area contributed by atoms with Crippen LogP contribution in [0.15, 0.2) is 46.9 Å². The normalized spacial score (nSPS) is 11.5. The first-order valence-corrected chi connectivity index (χ1v) is 9.23. The van der Waals surface area contributed by atoms with E-state index < -0.39 is 0 Å². The van der Waals surface area contributed by atoms with Crippen LogP contribution in [0.1, 0.15) is 30.7 Å². The lowest BCUT2D eigenvalue weighted by molar-refractivity contribution is -0.111. The minimum atomic E-state index is -0.214. The number of hydrogen-bond acceptors (Lipinski definition) is 4. The van der Waals surface area contributed by atoms with Gasteiger partial charge in [-0.05, 0) is 57.0 Å². The molecule has 0 spiro atoms. The van der Waals surface area contributed by atoms with E-state index in [2.05, 4.69) is 5.32 Å². The van der Waals surface area contributed by atoms with Crippen molar-refractivity contribution in [3.63, 3.8) is 0 Å². The number of furan rings is 1. The van der Waals surface area contributed by atoms with Gasteiger partial charge in [0.2, 0.25) is 5.91 Å². The monoisotopic (exact) mass is 379 g/mol. The van der Waals surface area contributed by atoms with Gasteiger partial charge < -0.3 is 19.2 Å². The summed E-state index contributed by atoms with van der Waals surface area (Å²) < 4.78 is 16.8. The van der Waals surface area contributed by atoms with Gasteiger partial charge in [0.25, 0.3) is 0 Å². The van der Waals surface area contributed by atoms with Gasteiger partial charge in [-0.25, -0.2) is 0 Å². The van der Waals surface area contributed by atoms with E-state index in [1.165, 1.54) is 0 Å². The van der Waals surface area contributed by atoms with Crippen LogP contribution in [-0.2, 0) is 4.79 Å². The highest BCUT2D eigenvalue weighted by molar-refractivity contribution is 6.04. The maximum atomic E-state index is 12.5. The molecule has 3 rings (SSSR count). The molecule has 1 N–H and O–H groups in total. The first-order valence-electron chi connectivity index (χ1n) is 9.23. The number of methoxy groups -OCH3 is 1. The highest BCUT2D eigenvalue weighted by atomic mass is 16.5. The third kappa shape index (κ3) is 4.03. The quantitative estimate of drug-likeness (QED) is 0.575. The Morgan fingerprint density at radius 2 is 2.00 bits per heavy atom. The molecule has 2 aromatic carbocycles. The van der Waals surface area contributed by atoms with Crippen molar-refractivity contribution < 1.29 is 18.7 Å². The van der Waals surface area contributed by atoms with Crippen molar-refractivity contribution in [2.75, 3.05) is 19.0 Å². The summed E-state index contributed by atoms with van der Waals surface area (Å²) in [4.78, 5) is 12.5. The Morgan fingerprint density at radius 1 is 1.21 bits per heavy atom. The summed E-state index contributed by atoms with van der Waals surface area (Å²) in [5.41, 5.74) is 4.24. The Balaban J connectivity index is 1.93. The number of hydrogen-bond donors (Lipinski definition) is 1. The molecule has 0 aliphatic carbocycles. The smallest absolute Gasteiger partial charge is 0.248 e. The molecule has 0 radical (unpaired) electrons. The molecule has 1 heterocycles. The fourth-order valence-electron chi connectivity index (χ4n) is 3.11. The minimum Gasteiger partial charge on any atom is -0.497 e. The Labute approximate surface area is 164 Å². The summed E-state index contributed by atoms with van der Waals surface area (Å²) in [5.74, 6) is 2.06. The highest BCUT2D eigenvalue weighted by Gasteiger charge is 2.14. The lowest BCUT2D eigenvalue weighted by Gasteiger charge is -2.11. The van der Waals surface area contributed by atoms with Gasteiger partial charge in [-0.15, -0.1) is 0 Å². The fourth-order valence-corrected chi connectivity index (χ4v) is 3.11. The Kier molecular flexibility index (Phi) is 5.73.